The molecule has 3 rings (SSSR count). The normalized spacial score (nSPS) is 13.7. The van der Waals surface area contributed by atoms with Crippen LogP contribution in [-0.2, 0) is 12.8 Å². The third-order valence-corrected chi connectivity index (χ3v) is 4.62. The van der Waals surface area contributed by atoms with Crippen molar-refractivity contribution in [3.8, 4) is 6.07 Å². The van der Waals surface area contributed by atoms with E-state index >= 15 is 0 Å². The second kappa shape index (κ2) is 4.99. The number of fused-ring (bicyclic) bond motifs is 1. The summed E-state index contributed by atoms with van der Waals surface area (Å²) in [6.07, 6.45) is 5.17. The standard InChI is InChI=1S/C16H14N2S/c1-11-5-7-12(8-6-11)10-18-16-14(9-17)13-3-2-4-15(13)19-16/h5-8,10H,2-4H2,1H3/b18-10+. The number of hydrogen-bond acceptors (Lipinski definition) is 3. The number of benzene rings is 1. The fourth-order valence-corrected chi connectivity index (χ4v) is 3.57. The van der Waals surface area contributed by atoms with E-state index in [0.29, 0.717) is 0 Å². The van der Waals surface area contributed by atoms with Gasteiger partial charge < -0.3 is 0 Å². The first-order chi connectivity index (χ1) is 9.28. The summed E-state index contributed by atoms with van der Waals surface area (Å²) < 4.78 is 0. The SMILES string of the molecule is Cc1ccc(/C=N/c2sc3c(c2C#N)CCC3)cc1. The van der Waals surface area contributed by atoms with E-state index in [0.717, 1.165) is 29.0 Å². The van der Waals surface area contributed by atoms with Gasteiger partial charge in [-0.05, 0) is 37.3 Å². The molecule has 94 valence electrons. The molecule has 0 saturated carbocycles. The Morgan fingerprint density at radius 1 is 1.26 bits per heavy atom. The Labute approximate surface area is 117 Å². The van der Waals surface area contributed by atoms with E-state index in [-0.39, 0.29) is 0 Å². The molecule has 0 bridgehead atoms. The molecule has 1 aromatic heterocycles. The summed E-state index contributed by atoms with van der Waals surface area (Å²) in [5, 5.41) is 10.2. The van der Waals surface area contributed by atoms with Crippen molar-refractivity contribution in [1.82, 2.24) is 0 Å². The molecule has 19 heavy (non-hydrogen) atoms. The molecule has 0 N–H and O–H groups in total. The summed E-state index contributed by atoms with van der Waals surface area (Å²) in [5.41, 5.74) is 4.34. The summed E-state index contributed by atoms with van der Waals surface area (Å²) in [6, 6.07) is 10.6. The number of aliphatic imine (C=N–C) groups is 1. The van der Waals surface area contributed by atoms with Gasteiger partial charge in [-0.3, -0.25) is 0 Å². The number of thiophene rings is 1. The van der Waals surface area contributed by atoms with Crippen LogP contribution in [0, 0.1) is 18.3 Å². The van der Waals surface area contributed by atoms with E-state index in [4.69, 9.17) is 0 Å². The maximum atomic E-state index is 9.29. The van der Waals surface area contributed by atoms with Crippen LogP contribution in [0.5, 0.6) is 0 Å². The molecular formula is C16H14N2S. The van der Waals surface area contributed by atoms with Crippen molar-refractivity contribution in [3.63, 3.8) is 0 Å². The second-order valence-corrected chi connectivity index (χ2v) is 5.90. The molecule has 3 heteroatoms. The highest BCUT2D eigenvalue weighted by Gasteiger charge is 2.21. The molecule has 2 aromatic rings. The van der Waals surface area contributed by atoms with Crippen molar-refractivity contribution in [2.45, 2.75) is 26.2 Å². The zero-order chi connectivity index (χ0) is 13.2. The number of nitriles is 1. The summed E-state index contributed by atoms with van der Waals surface area (Å²) in [4.78, 5) is 5.87. The van der Waals surface area contributed by atoms with E-state index in [1.54, 1.807) is 11.3 Å². The Bertz CT molecular complexity index is 672. The molecule has 0 saturated heterocycles. The minimum Gasteiger partial charge on any atom is -0.244 e. The second-order valence-electron chi connectivity index (χ2n) is 4.82. The largest absolute Gasteiger partial charge is 0.244 e. The smallest absolute Gasteiger partial charge is 0.134 e. The fraction of sp³-hybridized carbons (Fsp3) is 0.250. The van der Waals surface area contributed by atoms with E-state index in [9.17, 15) is 5.26 Å². The van der Waals surface area contributed by atoms with Gasteiger partial charge in [0.15, 0.2) is 0 Å². The third-order valence-electron chi connectivity index (χ3n) is 3.42. The summed E-state index contributed by atoms with van der Waals surface area (Å²) in [5.74, 6) is 0. The molecule has 2 nitrogen and oxygen atoms in total. The maximum absolute atomic E-state index is 9.29. The Kier molecular flexibility index (Phi) is 3.18. The van der Waals surface area contributed by atoms with Crippen molar-refractivity contribution in [2.24, 2.45) is 4.99 Å². The van der Waals surface area contributed by atoms with Gasteiger partial charge in [0.1, 0.15) is 11.1 Å². The first-order valence-electron chi connectivity index (χ1n) is 6.43. The summed E-state index contributed by atoms with van der Waals surface area (Å²) in [7, 11) is 0. The third kappa shape index (κ3) is 2.32. The molecule has 1 heterocycles. The van der Waals surface area contributed by atoms with Crippen molar-refractivity contribution in [1.29, 1.82) is 5.26 Å². The van der Waals surface area contributed by atoms with E-state index in [1.807, 2.05) is 18.3 Å². The van der Waals surface area contributed by atoms with Crippen LogP contribution in [0.1, 0.15) is 33.6 Å². The van der Waals surface area contributed by atoms with E-state index < -0.39 is 0 Å². The molecule has 0 unspecified atom stereocenters. The predicted molar refractivity (Wildman–Crippen MR) is 79.5 cm³/mol. The number of hydrogen-bond donors (Lipinski definition) is 0. The number of rotatable bonds is 2. The monoisotopic (exact) mass is 266 g/mol. The highest BCUT2D eigenvalue weighted by Crippen LogP contribution is 2.40. The molecule has 0 fully saturated rings. The van der Waals surface area contributed by atoms with Gasteiger partial charge in [0.25, 0.3) is 0 Å². The van der Waals surface area contributed by atoms with Gasteiger partial charge in [-0.25, -0.2) is 4.99 Å². The molecule has 0 radical (unpaired) electrons. The molecule has 1 aromatic carbocycles. The lowest BCUT2D eigenvalue weighted by Crippen LogP contribution is -1.82. The van der Waals surface area contributed by atoms with E-state index in [1.165, 1.54) is 22.4 Å². The van der Waals surface area contributed by atoms with Crippen LogP contribution in [0.2, 0.25) is 0 Å². The van der Waals surface area contributed by atoms with Gasteiger partial charge in [0.05, 0.1) is 5.56 Å². The van der Waals surface area contributed by atoms with Crippen LogP contribution in [0.25, 0.3) is 0 Å². The molecule has 1 aliphatic carbocycles. The minimum absolute atomic E-state index is 0.792. The van der Waals surface area contributed by atoms with Crippen LogP contribution < -0.4 is 0 Å². The van der Waals surface area contributed by atoms with E-state index in [2.05, 4.69) is 30.1 Å². The predicted octanol–water partition coefficient (Wildman–Crippen LogP) is 4.17. The van der Waals surface area contributed by atoms with Crippen molar-refractivity contribution in [3.05, 3.63) is 51.4 Å². The quantitative estimate of drug-likeness (QED) is 0.751. The Morgan fingerprint density at radius 3 is 2.79 bits per heavy atom. The van der Waals surface area contributed by atoms with Gasteiger partial charge in [-0.1, -0.05) is 29.8 Å². The van der Waals surface area contributed by atoms with Gasteiger partial charge in [-0.2, -0.15) is 5.26 Å². The van der Waals surface area contributed by atoms with Gasteiger partial charge in [0.2, 0.25) is 0 Å². The van der Waals surface area contributed by atoms with Crippen LogP contribution in [0.15, 0.2) is 29.3 Å². The van der Waals surface area contributed by atoms with Crippen molar-refractivity contribution in [2.75, 3.05) is 0 Å². The van der Waals surface area contributed by atoms with Crippen molar-refractivity contribution >= 4 is 22.6 Å². The summed E-state index contributed by atoms with van der Waals surface area (Å²) in [6.45, 7) is 2.07. The number of nitrogens with zero attached hydrogens (tertiary/aromatic N) is 2. The minimum atomic E-state index is 0.792. The first-order valence-corrected chi connectivity index (χ1v) is 7.25. The maximum Gasteiger partial charge on any atom is 0.134 e. The Morgan fingerprint density at radius 2 is 2.05 bits per heavy atom. The average Bonchev–Trinajstić information content (AvgIpc) is 2.98. The molecule has 0 spiro atoms. The topological polar surface area (TPSA) is 36.1 Å². The van der Waals surface area contributed by atoms with Crippen molar-refractivity contribution < 1.29 is 0 Å². The average molecular weight is 266 g/mol. The van der Waals surface area contributed by atoms with Crippen LogP contribution in [0.3, 0.4) is 0 Å². The Balaban J connectivity index is 1.92. The molecule has 0 aliphatic heterocycles. The zero-order valence-corrected chi connectivity index (χ0v) is 11.6. The molecule has 1 aliphatic rings. The molecule has 0 atom stereocenters. The lowest BCUT2D eigenvalue weighted by Gasteiger charge is -1.95. The fourth-order valence-electron chi connectivity index (χ4n) is 2.38. The highest BCUT2D eigenvalue weighted by atomic mass is 32.1. The Hall–Kier alpha value is -1.92. The number of aryl methyl sites for hydroxylation is 2. The molecular weight excluding hydrogens is 252 g/mol. The highest BCUT2D eigenvalue weighted by molar-refractivity contribution is 7.16. The lowest BCUT2D eigenvalue weighted by atomic mass is 10.1. The van der Waals surface area contributed by atoms with Gasteiger partial charge in [0, 0.05) is 11.1 Å². The zero-order valence-electron chi connectivity index (χ0n) is 10.8. The molecule has 0 amide bonds. The van der Waals surface area contributed by atoms with Gasteiger partial charge in [-0.15, -0.1) is 11.3 Å². The van der Waals surface area contributed by atoms with Crippen LogP contribution >= 0.6 is 11.3 Å². The lowest BCUT2D eigenvalue weighted by molar-refractivity contribution is 0.913. The summed E-state index contributed by atoms with van der Waals surface area (Å²) >= 11 is 1.68. The van der Waals surface area contributed by atoms with Gasteiger partial charge >= 0.3 is 0 Å². The van der Waals surface area contributed by atoms with Crippen LogP contribution in [0.4, 0.5) is 5.00 Å². The van der Waals surface area contributed by atoms with Crippen LogP contribution in [-0.4, -0.2) is 6.21 Å². The first kappa shape index (κ1) is 12.1.